The van der Waals surface area contributed by atoms with Gasteiger partial charge in [-0.1, -0.05) is 13.8 Å². The Morgan fingerprint density at radius 2 is 2.11 bits per heavy atom. The Balaban J connectivity index is 2.62. The molecule has 1 unspecified atom stereocenters. The van der Waals surface area contributed by atoms with Gasteiger partial charge in [0.15, 0.2) is 5.82 Å². The fourth-order valence-electron chi connectivity index (χ4n) is 1.97. The van der Waals surface area contributed by atoms with Crippen molar-refractivity contribution in [3.63, 3.8) is 0 Å². The van der Waals surface area contributed by atoms with Crippen LogP contribution >= 0.6 is 0 Å². The molecule has 3 N–H and O–H groups in total. The summed E-state index contributed by atoms with van der Waals surface area (Å²) in [6.07, 6.45) is 3.23. The van der Waals surface area contributed by atoms with Gasteiger partial charge in [-0.2, -0.15) is 5.10 Å². The fraction of sp³-hybridized carbons (Fsp3) is 0.769. The Labute approximate surface area is 114 Å². The number of amides is 1. The first-order chi connectivity index (χ1) is 8.96. The zero-order valence-corrected chi connectivity index (χ0v) is 12.4. The third-order valence-electron chi connectivity index (χ3n) is 3.57. The van der Waals surface area contributed by atoms with E-state index in [-0.39, 0.29) is 5.91 Å². The Morgan fingerprint density at radius 1 is 1.42 bits per heavy atom. The molecule has 1 aromatic heterocycles. The van der Waals surface area contributed by atoms with Crippen molar-refractivity contribution in [3.05, 3.63) is 11.6 Å². The number of rotatable bonds is 8. The molecule has 19 heavy (non-hydrogen) atoms. The predicted octanol–water partition coefficient (Wildman–Crippen LogP) is 0.647. The highest BCUT2D eigenvalue weighted by atomic mass is 16.1. The second-order valence-corrected chi connectivity index (χ2v) is 4.92. The Morgan fingerprint density at radius 3 is 2.58 bits per heavy atom. The Hall–Kier alpha value is -1.43. The largest absolute Gasteiger partial charge is 0.368 e. The van der Waals surface area contributed by atoms with Crippen molar-refractivity contribution in [2.24, 2.45) is 5.73 Å². The molecule has 0 spiro atoms. The smallest absolute Gasteiger partial charge is 0.237 e. The molecule has 0 aliphatic carbocycles. The van der Waals surface area contributed by atoms with Gasteiger partial charge in [0.1, 0.15) is 5.82 Å². The quantitative estimate of drug-likeness (QED) is 0.724. The number of aromatic nitrogens is 3. The van der Waals surface area contributed by atoms with Gasteiger partial charge in [0.2, 0.25) is 5.91 Å². The minimum Gasteiger partial charge on any atom is -0.368 e. The minimum absolute atomic E-state index is 0.321. The molecular weight excluding hydrogens is 242 g/mol. The number of carbonyl (C=O) groups excluding carboxylic acids is 1. The zero-order chi connectivity index (χ0) is 14.5. The molecule has 6 nitrogen and oxygen atoms in total. The van der Waals surface area contributed by atoms with Gasteiger partial charge in [-0.3, -0.25) is 4.79 Å². The zero-order valence-electron chi connectivity index (χ0n) is 12.4. The molecule has 1 atom stereocenters. The van der Waals surface area contributed by atoms with E-state index in [1.807, 2.05) is 18.5 Å². The van der Waals surface area contributed by atoms with Crippen LogP contribution in [0.4, 0.5) is 0 Å². The second-order valence-electron chi connectivity index (χ2n) is 4.92. The molecular formula is C13H25N5O. The lowest BCUT2D eigenvalue weighted by Gasteiger charge is -2.25. The number of carbonyl (C=O) groups is 1. The van der Waals surface area contributed by atoms with E-state index in [4.69, 9.17) is 5.73 Å². The summed E-state index contributed by atoms with van der Waals surface area (Å²) in [6, 6.07) is 0. The number of hydrogen-bond acceptors (Lipinski definition) is 4. The molecule has 6 heteroatoms. The van der Waals surface area contributed by atoms with E-state index < -0.39 is 5.54 Å². The molecule has 0 saturated carbocycles. The van der Waals surface area contributed by atoms with E-state index >= 15 is 0 Å². The van der Waals surface area contributed by atoms with Crippen LogP contribution in [0.3, 0.4) is 0 Å². The van der Waals surface area contributed by atoms with Crippen molar-refractivity contribution in [2.75, 3.05) is 7.05 Å². The van der Waals surface area contributed by atoms with Crippen LogP contribution in [0, 0.1) is 0 Å². The lowest BCUT2D eigenvalue weighted by atomic mass is 9.95. The summed E-state index contributed by atoms with van der Waals surface area (Å²) in [5.74, 6) is 1.56. The molecule has 0 aromatic carbocycles. The molecule has 1 rings (SSSR count). The highest BCUT2D eigenvalue weighted by Crippen LogP contribution is 2.13. The summed E-state index contributed by atoms with van der Waals surface area (Å²) in [6.45, 7) is 6.71. The van der Waals surface area contributed by atoms with Crippen molar-refractivity contribution < 1.29 is 4.79 Å². The SMILES string of the molecule is CCc1nc(CC)n(CCCC(C)(NC)C(N)=O)n1. The van der Waals surface area contributed by atoms with Gasteiger partial charge in [-0.05, 0) is 26.8 Å². The van der Waals surface area contributed by atoms with Gasteiger partial charge in [0, 0.05) is 19.4 Å². The molecule has 0 aliphatic heterocycles. The van der Waals surface area contributed by atoms with Crippen LogP contribution in [0.2, 0.25) is 0 Å². The molecule has 0 fully saturated rings. The normalized spacial score (nSPS) is 14.3. The summed E-state index contributed by atoms with van der Waals surface area (Å²) in [5, 5.41) is 7.45. The molecule has 108 valence electrons. The van der Waals surface area contributed by atoms with Crippen LogP contribution in [-0.4, -0.2) is 33.3 Å². The van der Waals surface area contributed by atoms with Crippen LogP contribution in [0.25, 0.3) is 0 Å². The van der Waals surface area contributed by atoms with E-state index in [1.165, 1.54) is 0 Å². The van der Waals surface area contributed by atoms with Crippen molar-refractivity contribution in [2.45, 2.75) is 58.5 Å². The van der Waals surface area contributed by atoms with Gasteiger partial charge in [0.25, 0.3) is 0 Å². The summed E-state index contributed by atoms with van der Waals surface area (Å²) < 4.78 is 1.94. The maximum absolute atomic E-state index is 11.4. The average Bonchev–Trinajstić information content (AvgIpc) is 2.80. The number of nitrogens with zero attached hydrogens (tertiary/aromatic N) is 3. The summed E-state index contributed by atoms with van der Waals surface area (Å²) in [5.41, 5.74) is 4.75. The van der Waals surface area contributed by atoms with Crippen molar-refractivity contribution in [1.29, 1.82) is 0 Å². The fourth-order valence-corrected chi connectivity index (χ4v) is 1.97. The highest BCUT2D eigenvalue weighted by Gasteiger charge is 2.28. The van der Waals surface area contributed by atoms with E-state index in [1.54, 1.807) is 7.05 Å². The van der Waals surface area contributed by atoms with Crippen LogP contribution in [0.1, 0.15) is 45.3 Å². The summed E-state index contributed by atoms with van der Waals surface area (Å²) in [4.78, 5) is 15.9. The first kappa shape index (κ1) is 15.6. The topological polar surface area (TPSA) is 85.8 Å². The van der Waals surface area contributed by atoms with E-state index in [0.717, 1.165) is 37.5 Å². The standard InChI is InChI=1S/C13H25N5O/c1-5-10-16-11(6-2)18(17-10)9-7-8-13(3,15-4)12(14)19/h15H,5-9H2,1-4H3,(H2,14,19). The number of primary amides is 1. The molecule has 0 bridgehead atoms. The molecule has 0 saturated heterocycles. The van der Waals surface area contributed by atoms with E-state index in [2.05, 4.69) is 22.3 Å². The molecule has 1 amide bonds. The summed E-state index contributed by atoms with van der Waals surface area (Å²) in [7, 11) is 1.76. The summed E-state index contributed by atoms with van der Waals surface area (Å²) >= 11 is 0. The lowest BCUT2D eigenvalue weighted by Crippen LogP contribution is -2.51. The maximum Gasteiger partial charge on any atom is 0.237 e. The lowest BCUT2D eigenvalue weighted by molar-refractivity contribution is -0.123. The first-order valence-corrected chi connectivity index (χ1v) is 6.88. The van der Waals surface area contributed by atoms with Gasteiger partial charge < -0.3 is 11.1 Å². The van der Waals surface area contributed by atoms with Gasteiger partial charge >= 0.3 is 0 Å². The predicted molar refractivity (Wildman–Crippen MR) is 74.7 cm³/mol. The van der Waals surface area contributed by atoms with Crippen molar-refractivity contribution >= 4 is 5.91 Å². The van der Waals surface area contributed by atoms with Crippen LogP contribution in [0.15, 0.2) is 0 Å². The molecule has 0 radical (unpaired) electrons. The molecule has 1 aromatic rings. The third kappa shape index (κ3) is 3.76. The average molecular weight is 267 g/mol. The number of aryl methyl sites for hydroxylation is 3. The Kier molecular flexibility index (Phi) is 5.47. The minimum atomic E-state index is -0.652. The monoisotopic (exact) mass is 267 g/mol. The first-order valence-electron chi connectivity index (χ1n) is 6.88. The number of likely N-dealkylation sites (N-methyl/N-ethyl adjacent to an activating group) is 1. The van der Waals surface area contributed by atoms with Crippen LogP contribution in [-0.2, 0) is 24.2 Å². The van der Waals surface area contributed by atoms with Crippen LogP contribution in [0.5, 0.6) is 0 Å². The van der Waals surface area contributed by atoms with Crippen molar-refractivity contribution in [1.82, 2.24) is 20.1 Å². The van der Waals surface area contributed by atoms with E-state index in [9.17, 15) is 4.79 Å². The van der Waals surface area contributed by atoms with E-state index in [0.29, 0.717) is 6.42 Å². The Bertz CT molecular complexity index is 429. The number of hydrogen-bond donors (Lipinski definition) is 2. The second kappa shape index (κ2) is 6.65. The molecule has 1 heterocycles. The number of nitrogens with one attached hydrogen (secondary N) is 1. The van der Waals surface area contributed by atoms with Crippen LogP contribution < -0.4 is 11.1 Å². The van der Waals surface area contributed by atoms with Gasteiger partial charge in [-0.15, -0.1) is 0 Å². The maximum atomic E-state index is 11.4. The van der Waals surface area contributed by atoms with Crippen molar-refractivity contribution in [3.8, 4) is 0 Å². The molecule has 0 aliphatic rings. The van der Waals surface area contributed by atoms with Gasteiger partial charge in [-0.25, -0.2) is 9.67 Å². The van der Waals surface area contributed by atoms with Gasteiger partial charge in [0.05, 0.1) is 5.54 Å². The third-order valence-corrected chi connectivity index (χ3v) is 3.57. The highest BCUT2D eigenvalue weighted by molar-refractivity contribution is 5.84. The number of nitrogens with two attached hydrogens (primary N) is 1.